The number of guanidine groups is 1. The number of hydrogen-bond donors (Lipinski definition) is 2. The molecule has 0 aliphatic carbocycles. The molecule has 0 spiro atoms. The molecule has 0 amide bonds. The summed E-state index contributed by atoms with van der Waals surface area (Å²) in [6, 6.07) is 17.0. The Balaban J connectivity index is 1.89. The quantitative estimate of drug-likeness (QED) is 0.659. The van der Waals surface area contributed by atoms with Crippen LogP contribution in [0.5, 0.6) is 0 Å². The molecule has 0 atom stereocenters. The van der Waals surface area contributed by atoms with Crippen LogP contribution in [-0.2, 0) is 13.1 Å². The molecule has 0 aromatic heterocycles. The molecular formula is C19H26N4. The van der Waals surface area contributed by atoms with Crippen LogP contribution in [-0.4, -0.2) is 27.1 Å². The standard InChI is InChI=1S/C19H26N4/c1-15-7-5-8-16(11-15)13-21-19(20-2)22-14-17-9-6-10-18(12-17)23(3)4/h5-12H,13-14H2,1-4H3,(H2,20,21,22). The van der Waals surface area contributed by atoms with Crippen molar-refractivity contribution in [3.05, 3.63) is 65.2 Å². The summed E-state index contributed by atoms with van der Waals surface area (Å²) in [5, 5.41) is 6.71. The highest BCUT2D eigenvalue weighted by Gasteiger charge is 2.01. The molecule has 0 heterocycles. The van der Waals surface area contributed by atoms with Crippen LogP contribution < -0.4 is 15.5 Å². The normalized spacial score (nSPS) is 11.2. The molecule has 0 saturated heterocycles. The minimum absolute atomic E-state index is 0.745. The van der Waals surface area contributed by atoms with Crippen molar-refractivity contribution in [2.45, 2.75) is 20.0 Å². The van der Waals surface area contributed by atoms with Gasteiger partial charge in [-0.3, -0.25) is 4.99 Å². The van der Waals surface area contributed by atoms with Crippen LogP contribution in [0.4, 0.5) is 5.69 Å². The van der Waals surface area contributed by atoms with Gasteiger partial charge in [0.15, 0.2) is 5.96 Å². The van der Waals surface area contributed by atoms with Crippen molar-refractivity contribution in [2.24, 2.45) is 4.99 Å². The molecule has 0 fully saturated rings. The average Bonchev–Trinajstić information content (AvgIpc) is 2.55. The molecule has 0 radical (unpaired) electrons. The molecule has 0 unspecified atom stereocenters. The van der Waals surface area contributed by atoms with E-state index in [1.807, 2.05) is 0 Å². The SMILES string of the molecule is CN=C(NCc1cccc(C)c1)NCc1cccc(N(C)C)c1. The lowest BCUT2D eigenvalue weighted by Gasteiger charge is -2.15. The highest BCUT2D eigenvalue weighted by Crippen LogP contribution is 2.13. The summed E-state index contributed by atoms with van der Waals surface area (Å²) in [5.74, 6) is 0.807. The Bertz CT molecular complexity index is 662. The molecule has 4 heteroatoms. The van der Waals surface area contributed by atoms with Gasteiger partial charge >= 0.3 is 0 Å². The predicted octanol–water partition coefficient (Wildman–Crippen LogP) is 2.93. The van der Waals surface area contributed by atoms with Gasteiger partial charge in [0.2, 0.25) is 0 Å². The summed E-state index contributed by atoms with van der Waals surface area (Å²) in [7, 11) is 5.89. The van der Waals surface area contributed by atoms with E-state index in [9.17, 15) is 0 Å². The first-order valence-electron chi connectivity index (χ1n) is 7.85. The van der Waals surface area contributed by atoms with Crippen LogP contribution in [0, 0.1) is 6.92 Å². The van der Waals surface area contributed by atoms with Gasteiger partial charge in [-0.25, -0.2) is 0 Å². The van der Waals surface area contributed by atoms with E-state index in [0.717, 1.165) is 19.0 Å². The molecule has 2 rings (SSSR count). The third-order valence-electron chi connectivity index (χ3n) is 3.65. The molecule has 2 aromatic rings. The van der Waals surface area contributed by atoms with E-state index in [1.54, 1.807) is 7.05 Å². The molecule has 2 aromatic carbocycles. The second kappa shape index (κ2) is 8.22. The van der Waals surface area contributed by atoms with Crippen LogP contribution in [0.1, 0.15) is 16.7 Å². The summed E-state index contributed by atoms with van der Waals surface area (Å²) in [4.78, 5) is 6.39. The summed E-state index contributed by atoms with van der Waals surface area (Å²) in [6.45, 7) is 3.61. The molecule has 0 saturated carbocycles. The van der Waals surface area contributed by atoms with Gasteiger partial charge in [-0.05, 0) is 30.2 Å². The zero-order chi connectivity index (χ0) is 16.7. The van der Waals surface area contributed by atoms with Gasteiger partial charge in [-0.1, -0.05) is 42.0 Å². The number of aryl methyl sites for hydroxylation is 1. The average molecular weight is 310 g/mol. The first-order valence-corrected chi connectivity index (χ1v) is 7.85. The molecule has 122 valence electrons. The summed E-state index contributed by atoms with van der Waals surface area (Å²) in [6.07, 6.45) is 0. The van der Waals surface area contributed by atoms with Crippen molar-refractivity contribution in [1.29, 1.82) is 0 Å². The lowest BCUT2D eigenvalue weighted by atomic mass is 10.1. The van der Waals surface area contributed by atoms with Crippen LogP contribution in [0.25, 0.3) is 0 Å². The van der Waals surface area contributed by atoms with E-state index in [1.165, 1.54) is 22.4 Å². The summed E-state index contributed by atoms with van der Waals surface area (Å²) >= 11 is 0. The maximum Gasteiger partial charge on any atom is 0.191 e. The minimum atomic E-state index is 0.745. The van der Waals surface area contributed by atoms with Gasteiger partial charge in [0.05, 0.1) is 0 Å². The largest absolute Gasteiger partial charge is 0.378 e. The van der Waals surface area contributed by atoms with Crippen molar-refractivity contribution in [3.8, 4) is 0 Å². The number of hydrogen-bond acceptors (Lipinski definition) is 2. The van der Waals surface area contributed by atoms with Gasteiger partial charge < -0.3 is 15.5 Å². The smallest absolute Gasteiger partial charge is 0.191 e. The Labute approximate surface area is 139 Å². The van der Waals surface area contributed by atoms with Crippen LogP contribution in [0.2, 0.25) is 0 Å². The summed E-state index contributed by atoms with van der Waals surface area (Å²) < 4.78 is 0. The van der Waals surface area contributed by atoms with E-state index in [2.05, 4.69) is 90.1 Å². The third-order valence-corrected chi connectivity index (χ3v) is 3.65. The Morgan fingerprint density at radius 1 is 0.957 bits per heavy atom. The van der Waals surface area contributed by atoms with Gasteiger partial charge in [-0.15, -0.1) is 0 Å². The van der Waals surface area contributed by atoms with Crippen molar-refractivity contribution in [1.82, 2.24) is 10.6 Å². The fraction of sp³-hybridized carbons (Fsp3) is 0.316. The van der Waals surface area contributed by atoms with Crippen LogP contribution in [0.3, 0.4) is 0 Å². The Kier molecular flexibility index (Phi) is 6.03. The Morgan fingerprint density at radius 3 is 2.13 bits per heavy atom. The number of benzene rings is 2. The Morgan fingerprint density at radius 2 is 1.57 bits per heavy atom. The number of anilines is 1. The predicted molar refractivity (Wildman–Crippen MR) is 99.0 cm³/mol. The van der Waals surface area contributed by atoms with E-state index in [0.29, 0.717) is 0 Å². The van der Waals surface area contributed by atoms with Crippen LogP contribution in [0.15, 0.2) is 53.5 Å². The highest BCUT2D eigenvalue weighted by atomic mass is 15.2. The van der Waals surface area contributed by atoms with E-state index >= 15 is 0 Å². The fourth-order valence-corrected chi connectivity index (χ4v) is 2.36. The van der Waals surface area contributed by atoms with Gasteiger partial charge in [0.25, 0.3) is 0 Å². The van der Waals surface area contributed by atoms with E-state index in [4.69, 9.17) is 0 Å². The molecule has 2 N–H and O–H groups in total. The minimum Gasteiger partial charge on any atom is -0.378 e. The second-order valence-electron chi connectivity index (χ2n) is 5.83. The van der Waals surface area contributed by atoms with Crippen molar-refractivity contribution < 1.29 is 0 Å². The molecular weight excluding hydrogens is 284 g/mol. The van der Waals surface area contributed by atoms with Crippen molar-refractivity contribution >= 4 is 11.6 Å². The molecule has 0 bridgehead atoms. The highest BCUT2D eigenvalue weighted by molar-refractivity contribution is 5.79. The second-order valence-corrected chi connectivity index (χ2v) is 5.83. The van der Waals surface area contributed by atoms with Gasteiger partial charge in [0, 0.05) is 39.9 Å². The number of nitrogens with one attached hydrogen (secondary N) is 2. The van der Waals surface area contributed by atoms with Crippen molar-refractivity contribution in [2.75, 3.05) is 26.0 Å². The van der Waals surface area contributed by atoms with Crippen LogP contribution >= 0.6 is 0 Å². The lowest BCUT2D eigenvalue weighted by molar-refractivity contribution is 0.808. The monoisotopic (exact) mass is 310 g/mol. The van der Waals surface area contributed by atoms with Gasteiger partial charge in [0.1, 0.15) is 0 Å². The number of rotatable bonds is 5. The maximum atomic E-state index is 4.28. The van der Waals surface area contributed by atoms with Gasteiger partial charge in [-0.2, -0.15) is 0 Å². The first-order chi connectivity index (χ1) is 11.1. The third kappa shape index (κ3) is 5.33. The molecule has 0 aliphatic rings. The first kappa shape index (κ1) is 16.9. The van der Waals surface area contributed by atoms with Crippen molar-refractivity contribution in [3.63, 3.8) is 0 Å². The molecule has 23 heavy (non-hydrogen) atoms. The molecule has 0 aliphatic heterocycles. The van der Waals surface area contributed by atoms with E-state index < -0.39 is 0 Å². The summed E-state index contributed by atoms with van der Waals surface area (Å²) in [5.41, 5.74) is 4.96. The van der Waals surface area contributed by atoms with E-state index in [-0.39, 0.29) is 0 Å². The maximum absolute atomic E-state index is 4.28. The topological polar surface area (TPSA) is 39.7 Å². The zero-order valence-electron chi connectivity index (χ0n) is 14.4. The number of aliphatic imine (C=N–C) groups is 1. The lowest BCUT2D eigenvalue weighted by Crippen LogP contribution is -2.36. The molecule has 4 nitrogen and oxygen atoms in total. The number of nitrogens with zero attached hydrogens (tertiary/aromatic N) is 2. The zero-order valence-corrected chi connectivity index (χ0v) is 14.4. The Hall–Kier alpha value is -2.49. The fourth-order valence-electron chi connectivity index (χ4n) is 2.36.